The Labute approximate surface area is 168 Å². The van der Waals surface area contributed by atoms with Crippen LogP contribution in [0.15, 0.2) is 40.5 Å². The number of tetrazole rings is 1. The highest BCUT2D eigenvalue weighted by molar-refractivity contribution is 7.22. The maximum Gasteiger partial charge on any atom is 0.369 e. The van der Waals surface area contributed by atoms with Gasteiger partial charge >= 0.3 is 5.69 Å². The van der Waals surface area contributed by atoms with E-state index in [4.69, 9.17) is 0 Å². The molecule has 8 nitrogen and oxygen atoms in total. The first kappa shape index (κ1) is 18.5. The Morgan fingerprint density at radius 3 is 2.93 bits per heavy atom. The predicted octanol–water partition coefficient (Wildman–Crippen LogP) is 3.08. The van der Waals surface area contributed by atoms with Crippen molar-refractivity contribution in [3.05, 3.63) is 51.8 Å². The summed E-state index contributed by atoms with van der Waals surface area (Å²) in [6.07, 6.45) is 3.34. The lowest BCUT2D eigenvalue weighted by Gasteiger charge is -1.99. The lowest BCUT2D eigenvalue weighted by atomic mass is 10.1. The van der Waals surface area contributed by atoms with Gasteiger partial charge in [0, 0.05) is 0 Å². The van der Waals surface area contributed by atoms with Crippen LogP contribution in [0.1, 0.15) is 25.3 Å². The Bertz CT molecular complexity index is 1160. The Hall–Kier alpha value is -2.85. The van der Waals surface area contributed by atoms with Crippen molar-refractivity contribution >= 4 is 43.9 Å². The summed E-state index contributed by atoms with van der Waals surface area (Å²) in [5.74, 6) is -0.370. The van der Waals surface area contributed by atoms with Crippen molar-refractivity contribution in [2.75, 3.05) is 5.32 Å². The predicted molar refractivity (Wildman–Crippen MR) is 110 cm³/mol. The minimum atomic E-state index is -0.456. The number of unbranched alkanes of at least 4 members (excludes halogenated alkanes) is 1. The number of thiophene rings is 1. The van der Waals surface area contributed by atoms with Crippen molar-refractivity contribution in [1.82, 2.24) is 24.8 Å². The fraction of sp³-hybridized carbons (Fsp3) is 0.278. The quantitative estimate of drug-likeness (QED) is 0.501. The number of hydrogen-bond acceptors (Lipinski definition) is 7. The number of aromatic nitrogens is 5. The molecule has 0 aliphatic heterocycles. The summed E-state index contributed by atoms with van der Waals surface area (Å²) in [6.45, 7) is 1.95. The number of benzene rings is 1. The standard InChI is InChI=1S/C18H18N6O2S2/c1-2-3-5-12-7-8-13-14(10-12)28-17(19-13)20-15(25)11-23-18(26)24(22-21-23)16-6-4-9-27-16/h4,6-10H,2-3,5,11H2,1H3,(H,19,20,25). The number of amides is 1. The molecule has 0 radical (unpaired) electrons. The molecule has 4 aromatic rings. The van der Waals surface area contributed by atoms with Gasteiger partial charge in [-0.3, -0.25) is 4.79 Å². The highest BCUT2D eigenvalue weighted by atomic mass is 32.1. The van der Waals surface area contributed by atoms with Gasteiger partial charge in [-0.1, -0.05) is 30.7 Å². The number of carbonyl (C=O) groups is 1. The Balaban J connectivity index is 1.46. The Morgan fingerprint density at radius 2 is 2.14 bits per heavy atom. The molecular formula is C18H18N6O2S2. The Kier molecular flexibility index (Phi) is 5.31. The van der Waals surface area contributed by atoms with Crippen LogP contribution in [-0.2, 0) is 17.8 Å². The fourth-order valence-corrected chi connectivity index (χ4v) is 4.37. The van der Waals surface area contributed by atoms with Crippen LogP contribution in [0.4, 0.5) is 5.13 Å². The van der Waals surface area contributed by atoms with Gasteiger partial charge in [-0.2, -0.15) is 9.36 Å². The molecular weight excluding hydrogens is 396 g/mol. The van der Waals surface area contributed by atoms with Crippen molar-refractivity contribution in [2.45, 2.75) is 32.7 Å². The maximum atomic E-state index is 12.3. The van der Waals surface area contributed by atoms with E-state index in [-0.39, 0.29) is 12.5 Å². The van der Waals surface area contributed by atoms with Crippen LogP contribution in [0, 0.1) is 0 Å². The smallest absolute Gasteiger partial charge is 0.300 e. The number of rotatable bonds is 7. The number of nitrogens with zero attached hydrogens (tertiary/aromatic N) is 5. The van der Waals surface area contributed by atoms with E-state index in [1.165, 1.54) is 32.9 Å². The topological polar surface area (TPSA) is 94.7 Å². The molecule has 1 N–H and O–H groups in total. The van der Waals surface area contributed by atoms with Gasteiger partial charge in [-0.15, -0.1) is 11.3 Å². The van der Waals surface area contributed by atoms with E-state index in [2.05, 4.69) is 39.8 Å². The van der Waals surface area contributed by atoms with E-state index in [0.29, 0.717) is 10.1 Å². The zero-order valence-corrected chi connectivity index (χ0v) is 16.8. The molecule has 1 aromatic carbocycles. The zero-order valence-electron chi connectivity index (χ0n) is 15.2. The van der Waals surface area contributed by atoms with Crippen molar-refractivity contribution in [2.24, 2.45) is 0 Å². The number of nitrogens with one attached hydrogen (secondary N) is 1. The van der Waals surface area contributed by atoms with Crippen LogP contribution in [0.2, 0.25) is 0 Å². The minimum Gasteiger partial charge on any atom is -0.300 e. The maximum absolute atomic E-state index is 12.3. The highest BCUT2D eigenvalue weighted by Gasteiger charge is 2.14. The number of carbonyl (C=O) groups excluding carboxylic acids is 1. The first-order chi connectivity index (χ1) is 13.6. The zero-order chi connectivity index (χ0) is 19.5. The summed E-state index contributed by atoms with van der Waals surface area (Å²) in [5.41, 5.74) is 1.66. The first-order valence-electron chi connectivity index (χ1n) is 8.90. The number of hydrogen-bond donors (Lipinski definition) is 1. The van der Waals surface area contributed by atoms with Gasteiger partial charge in [0.25, 0.3) is 0 Å². The van der Waals surface area contributed by atoms with E-state index in [0.717, 1.165) is 34.2 Å². The molecule has 0 bridgehead atoms. The van der Waals surface area contributed by atoms with Crippen molar-refractivity contribution in [3.63, 3.8) is 0 Å². The van der Waals surface area contributed by atoms with Crippen LogP contribution in [-0.4, -0.2) is 30.7 Å². The van der Waals surface area contributed by atoms with E-state index in [1.807, 2.05) is 17.5 Å². The molecule has 28 heavy (non-hydrogen) atoms. The molecule has 0 aliphatic carbocycles. The average Bonchev–Trinajstić information content (AvgIpc) is 3.40. The molecule has 0 atom stereocenters. The molecule has 144 valence electrons. The van der Waals surface area contributed by atoms with Crippen LogP contribution in [0.3, 0.4) is 0 Å². The third-order valence-corrected chi connectivity index (χ3v) is 5.94. The van der Waals surface area contributed by atoms with Gasteiger partial charge in [0.1, 0.15) is 11.5 Å². The lowest BCUT2D eigenvalue weighted by molar-refractivity contribution is -0.117. The second-order valence-electron chi connectivity index (χ2n) is 6.26. The monoisotopic (exact) mass is 414 g/mol. The largest absolute Gasteiger partial charge is 0.369 e. The first-order valence-corrected chi connectivity index (χ1v) is 10.6. The van der Waals surface area contributed by atoms with Crippen molar-refractivity contribution in [3.8, 4) is 5.00 Å². The van der Waals surface area contributed by atoms with Gasteiger partial charge in [0.05, 0.1) is 10.2 Å². The molecule has 3 aromatic heterocycles. The normalized spacial score (nSPS) is 11.2. The molecule has 0 saturated carbocycles. The second kappa shape index (κ2) is 8.03. The van der Waals surface area contributed by atoms with Gasteiger partial charge in [0.15, 0.2) is 5.13 Å². The van der Waals surface area contributed by atoms with E-state index < -0.39 is 5.69 Å². The van der Waals surface area contributed by atoms with Crippen LogP contribution in [0.25, 0.3) is 15.2 Å². The molecule has 0 unspecified atom stereocenters. The minimum absolute atomic E-state index is 0.220. The molecule has 0 spiro atoms. The van der Waals surface area contributed by atoms with Crippen molar-refractivity contribution in [1.29, 1.82) is 0 Å². The third kappa shape index (κ3) is 3.87. The van der Waals surface area contributed by atoms with E-state index in [1.54, 1.807) is 6.07 Å². The van der Waals surface area contributed by atoms with Gasteiger partial charge in [0.2, 0.25) is 5.91 Å². The van der Waals surface area contributed by atoms with Gasteiger partial charge in [-0.25, -0.2) is 9.78 Å². The molecule has 3 heterocycles. The second-order valence-corrected chi connectivity index (χ2v) is 8.21. The summed E-state index contributed by atoms with van der Waals surface area (Å²) in [6, 6.07) is 9.75. The third-order valence-electron chi connectivity index (χ3n) is 4.17. The molecule has 4 rings (SSSR count). The number of anilines is 1. The van der Waals surface area contributed by atoms with Crippen molar-refractivity contribution < 1.29 is 4.79 Å². The summed E-state index contributed by atoms with van der Waals surface area (Å²) >= 11 is 2.79. The number of fused-ring (bicyclic) bond motifs is 1. The summed E-state index contributed by atoms with van der Waals surface area (Å²) < 4.78 is 3.24. The fourth-order valence-electron chi connectivity index (χ4n) is 2.76. The van der Waals surface area contributed by atoms with Gasteiger partial charge < -0.3 is 5.32 Å². The van der Waals surface area contributed by atoms with E-state index in [9.17, 15) is 9.59 Å². The van der Waals surface area contributed by atoms with Crippen LogP contribution in [0.5, 0.6) is 0 Å². The summed E-state index contributed by atoms with van der Waals surface area (Å²) in [5, 5.41) is 13.4. The highest BCUT2D eigenvalue weighted by Crippen LogP contribution is 2.27. The summed E-state index contributed by atoms with van der Waals surface area (Å²) in [4.78, 5) is 29.1. The lowest BCUT2D eigenvalue weighted by Crippen LogP contribution is -2.29. The molecule has 0 saturated heterocycles. The van der Waals surface area contributed by atoms with Crippen LogP contribution >= 0.6 is 22.7 Å². The number of thiazole rings is 1. The molecule has 0 fully saturated rings. The van der Waals surface area contributed by atoms with Gasteiger partial charge in [-0.05, 0) is 58.5 Å². The molecule has 10 heteroatoms. The van der Waals surface area contributed by atoms with Crippen LogP contribution < -0.4 is 11.0 Å². The molecule has 0 aliphatic rings. The summed E-state index contributed by atoms with van der Waals surface area (Å²) in [7, 11) is 0. The SMILES string of the molecule is CCCCc1ccc2nc(NC(=O)Cn3nnn(-c4cccs4)c3=O)sc2c1. The number of aryl methyl sites for hydroxylation is 1. The Morgan fingerprint density at radius 1 is 1.25 bits per heavy atom. The average molecular weight is 415 g/mol. The molecule has 1 amide bonds. The van der Waals surface area contributed by atoms with E-state index >= 15 is 0 Å².